The molecule has 0 bridgehead atoms. The molecule has 1 N–H and O–H groups in total. The molecule has 0 fully saturated rings. The van der Waals surface area contributed by atoms with E-state index in [9.17, 15) is 9.59 Å². The maximum absolute atomic E-state index is 12.0. The van der Waals surface area contributed by atoms with Gasteiger partial charge in [-0.3, -0.25) is 9.59 Å². The normalized spacial score (nSPS) is 10.3. The zero-order valence-corrected chi connectivity index (χ0v) is 14.2. The Labute approximate surface area is 133 Å². The van der Waals surface area contributed by atoms with Crippen LogP contribution in [0.1, 0.15) is 18.9 Å². The van der Waals surface area contributed by atoms with Crippen LogP contribution in [0.15, 0.2) is 22.7 Å². The number of methoxy groups -OCH3 is 1. The van der Waals surface area contributed by atoms with E-state index >= 15 is 0 Å². The SMILES string of the molecule is COCCCN(CC(=O)Nc1ccc(Br)c(C)c1)C(C)=O. The quantitative estimate of drug-likeness (QED) is 0.763. The van der Waals surface area contributed by atoms with Gasteiger partial charge in [0.1, 0.15) is 0 Å². The van der Waals surface area contributed by atoms with Crippen molar-refractivity contribution in [3.63, 3.8) is 0 Å². The molecule has 6 heteroatoms. The average molecular weight is 357 g/mol. The second-order valence-corrected chi connectivity index (χ2v) is 5.65. The number of carbonyl (C=O) groups is 2. The van der Waals surface area contributed by atoms with E-state index in [1.165, 1.54) is 11.8 Å². The Bertz CT molecular complexity index is 506. The lowest BCUT2D eigenvalue weighted by molar-refractivity contribution is -0.132. The van der Waals surface area contributed by atoms with Crippen LogP contribution in [0.4, 0.5) is 5.69 Å². The topological polar surface area (TPSA) is 58.6 Å². The van der Waals surface area contributed by atoms with Gasteiger partial charge in [0, 0.05) is 37.3 Å². The van der Waals surface area contributed by atoms with E-state index in [0.717, 1.165) is 15.7 Å². The second kappa shape index (κ2) is 8.79. The average Bonchev–Trinajstić information content (AvgIpc) is 2.42. The van der Waals surface area contributed by atoms with Crippen molar-refractivity contribution in [3.8, 4) is 0 Å². The Balaban J connectivity index is 2.56. The van der Waals surface area contributed by atoms with Gasteiger partial charge in [-0.05, 0) is 37.1 Å². The fraction of sp³-hybridized carbons (Fsp3) is 0.467. The zero-order chi connectivity index (χ0) is 15.8. The minimum absolute atomic E-state index is 0.0498. The molecule has 0 aliphatic carbocycles. The van der Waals surface area contributed by atoms with Gasteiger partial charge in [-0.25, -0.2) is 0 Å². The van der Waals surface area contributed by atoms with Crippen molar-refractivity contribution < 1.29 is 14.3 Å². The van der Waals surface area contributed by atoms with E-state index in [-0.39, 0.29) is 18.4 Å². The monoisotopic (exact) mass is 356 g/mol. The maximum Gasteiger partial charge on any atom is 0.243 e. The Morgan fingerprint density at radius 2 is 2.10 bits per heavy atom. The van der Waals surface area contributed by atoms with Gasteiger partial charge in [0.25, 0.3) is 0 Å². The van der Waals surface area contributed by atoms with Crippen LogP contribution < -0.4 is 5.32 Å². The van der Waals surface area contributed by atoms with Gasteiger partial charge in [-0.15, -0.1) is 0 Å². The molecule has 0 aliphatic heterocycles. The summed E-state index contributed by atoms with van der Waals surface area (Å²) >= 11 is 3.41. The first kappa shape index (κ1) is 17.7. The molecule has 0 aromatic heterocycles. The van der Waals surface area contributed by atoms with Gasteiger partial charge in [-0.1, -0.05) is 15.9 Å². The second-order valence-electron chi connectivity index (χ2n) is 4.80. The molecule has 0 radical (unpaired) electrons. The predicted molar refractivity (Wildman–Crippen MR) is 86.3 cm³/mol. The molecule has 0 heterocycles. The summed E-state index contributed by atoms with van der Waals surface area (Å²) in [6.45, 7) is 4.54. The van der Waals surface area contributed by atoms with Crippen LogP contribution in [0, 0.1) is 6.92 Å². The number of amides is 2. The van der Waals surface area contributed by atoms with Crippen molar-refractivity contribution in [2.75, 3.05) is 32.1 Å². The smallest absolute Gasteiger partial charge is 0.243 e. The molecule has 1 rings (SSSR count). The van der Waals surface area contributed by atoms with Crippen molar-refractivity contribution >= 4 is 33.4 Å². The summed E-state index contributed by atoms with van der Waals surface area (Å²) in [5.74, 6) is -0.322. The maximum atomic E-state index is 12.0. The van der Waals surface area contributed by atoms with Crippen LogP contribution in [0.5, 0.6) is 0 Å². The fourth-order valence-electron chi connectivity index (χ4n) is 1.84. The minimum atomic E-state index is -0.204. The van der Waals surface area contributed by atoms with E-state index < -0.39 is 0 Å². The molecule has 5 nitrogen and oxygen atoms in total. The van der Waals surface area contributed by atoms with Crippen LogP contribution in [0.25, 0.3) is 0 Å². The Kier molecular flexibility index (Phi) is 7.39. The van der Waals surface area contributed by atoms with Gasteiger partial charge < -0.3 is 15.0 Å². The number of benzene rings is 1. The first-order valence-electron chi connectivity index (χ1n) is 6.74. The number of halogens is 1. The molecule has 0 aliphatic rings. The summed E-state index contributed by atoms with van der Waals surface area (Å²) in [5, 5.41) is 2.80. The highest BCUT2D eigenvalue weighted by Gasteiger charge is 2.13. The highest BCUT2D eigenvalue weighted by Crippen LogP contribution is 2.19. The van der Waals surface area contributed by atoms with Crippen LogP contribution in [-0.2, 0) is 14.3 Å². The summed E-state index contributed by atoms with van der Waals surface area (Å²) in [6, 6.07) is 5.58. The lowest BCUT2D eigenvalue weighted by Gasteiger charge is -2.20. The van der Waals surface area contributed by atoms with E-state index in [1.54, 1.807) is 7.11 Å². The number of rotatable bonds is 7. The largest absolute Gasteiger partial charge is 0.385 e. The number of nitrogens with zero attached hydrogens (tertiary/aromatic N) is 1. The highest BCUT2D eigenvalue weighted by molar-refractivity contribution is 9.10. The lowest BCUT2D eigenvalue weighted by atomic mass is 10.2. The van der Waals surface area contributed by atoms with Crippen molar-refractivity contribution in [1.29, 1.82) is 0 Å². The molecule has 1 aromatic carbocycles. The summed E-state index contributed by atoms with van der Waals surface area (Å²) < 4.78 is 5.95. The fourth-order valence-corrected chi connectivity index (χ4v) is 2.09. The van der Waals surface area contributed by atoms with E-state index in [0.29, 0.717) is 19.6 Å². The van der Waals surface area contributed by atoms with Crippen molar-refractivity contribution in [2.24, 2.45) is 0 Å². The molecule has 1 aromatic rings. The molecule has 0 atom stereocenters. The van der Waals surface area contributed by atoms with Gasteiger partial charge in [0.15, 0.2) is 0 Å². The standard InChI is InChI=1S/C15H21BrN2O3/c1-11-9-13(5-6-14(11)16)17-15(20)10-18(12(2)19)7-4-8-21-3/h5-6,9H,4,7-8,10H2,1-3H3,(H,17,20). The van der Waals surface area contributed by atoms with Crippen molar-refractivity contribution in [3.05, 3.63) is 28.2 Å². The van der Waals surface area contributed by atoms with E-state index in [4.69, 9.17) is 4.74 Å². The number of ether oxygens (including phenoxy) is 1. The first-order chi connectivity index (χ1) is 9.93. The van der Waals surface area contributed by atoms with Gasteiger partial charge in [-0.2, -0.15) is 0 Å². The molecule has 116 valence electrons. The van der Waals surface area contributed by atoms with Gasteiger partial charge in [0.2, 0.25) is 11.8 Å². The molecular formula is C15H21BrN2O3. The number of aryl methyl sites for hydroxylation is 1. The molecule has 0 saturated carbocycles. The molecule has 0 spiro atoms. The lowest BCUT2D eigenvalue weighted by Crippen LogP contribution is -2.37. The third-order valence-corrected chi connectivity index (χ3v) is 3.89. The van der Waals surface area contributed by atoms with Crippen molar-refractivity contribution in [2.45, 2.75) is 20.3 Å². The van der Waals surface area contributed by atoms with Gasteiger partial charge >= 0.3 is 0 Å². The Morgan fingerprint density at radius 3 is 2.67 bits per heavy atom. The van der Waals surface area contributed by atoms with Crippen LogP contribution in [-0.4, -0.2) is 43.5 Å². The number of carbonyl (C=O) groups excluding carboxylic acids is 2. The molecule has 21 heavy (non-hydrogen) atoms. The molecular weight excluding hydrogens is 336 g/mol. The van der Waals surface area contributed by atoms with Crippen LogP contribution >= 0.6 is 15.9 Å². The van der Waals surface area contributed by atoms with E-state index in [1.807, 2.05) is 25.1 Å². The summed E-state index contributed by atoms with van der Waals surface area (Å²) in [7, 11) is 1.61. The number of hydrogen-bond donors (Lipinski definition) is 1. The summed E-state index contributed by atoms with van der Waals surface area (Å²) in [4.78, 5) is 25.0. The molecule has 0 unspecified atom stereocenters. The summed E-state index contributed by atoms with van der Waals surface area (Å²) in [5.41, 5.74) is 1.76. The zero-order valence-electron chi connectivity index (χ0n) is 12.6. The van der Waals surface area contributed by atoms with Crippen LogP contribution in [0.3, 0.4) is 0 Å². The Hall–Kier alpha value is -1.40. The number of anilines is 1. The minimum Gasteiger partial charge on any atom is -0.385 e. The number of hydrogen-bond acceptors (Lipinski definition) is 3. The number of nitrogens with one attached hydrogen (secondary N) is 1. The third-order valence-electron chi connectivity index (χ3n) is 3.00. The molecule has 2 amide bonds. The summed E-state index contributed by atoms with van der Waals surface area (Å²) in [6.07, 6.45) is 0.709. The van der Waals surface area contributed by atoms with Crippen LogP contribution in [0.2, 0.25) is 0 Å². The highest BCUT2D eigenvalue weighted by atomic mass is 79.9. The third kappa shape index (κ3) is 6.27. The first-order valence-corrected chi connectivity index (χ1v) is 7.53. The Morgan fingerprint density at radius 1 is 1.38 bits per heavy atom. The molecule has 0 saturated heterocycles. The van der Waals surface area contributed by atoms with Gasteiger partial charge in [0.05, 0.1) is 6.54 Å². The van der Waals surface area contributed by atoms with Crippen molar-refractivity contribution in [1.82, 2.24) is 4.90 Å². The van der Waals surface area contributed by atoms with E-state index in [2.05, 4.69) is 21.2 Å². The predicted octanol–water partition coefficient (Wildman–Crippen LogP) is 2.58.